The third-order valence-corrected chi connectivity index (χ3v) is 1.36. The van der Waals surface area contributed by atoms with Crippen LogP contribution in [0, 0.1) is 11.8 Å². The Labute approximate surface area is 80.8 Å². The lowest BCUT2D eigenvalue weighted by atomic mass is 10.1. The zero-order valence-electron chi connectivity index (χ0n) is 8.82. The van der Waals surface area contributed by atoms with E-state index < -0.39 is 0 Å². The molecular formula is C12H16O. The Morgan fingerprint density at radius 2 is 1.62 bits per heavy atom. The van der Waals surface area contributed by atoms with Crippen molar-refractivity contribution in [3.8, 4) is 11.8 Å². The number of allylic oxidation sites excluding steroid dienone is 3. The molecule has 0 saturated carbocycles. The van der Waals surface area contributed by atoms with Crippen molar-refractivity contribution in [2.45, 2.75) is 20.8 Å². The Hall–Kier alpha value is -1.42. The van der Waals surface area contributed by atoms with Crippen LogP contribution < -0.4 is 0 Å². The van der Waals surface area contributed by atoms with Crippen molar-refractivity contribution < 1.29 is 4.74 Å². The standard InChI is InChI=1S/C12H16O/c1-9(2)7-8-11(5)12(13-6)10(3)4/h1,5H2,2-4,6H3. The maximum absolute atomic E-state index is 5.15. The van der Waals surface area contributed by atoms with E-state index in [4.69, 9.17) is 4.74 Å². The molecule has 0 radical (unpaired) electrons. The smallest absolute Gasteiger partial charge is 0.132 e. The monoisotopic (exact) mass is 176 g/mol. The minimum Gasteiger partial charge on any atom is -0.496 e. The molecule has 0 heterocycles. The molecule has 0 aromatic rings. The molecule has 0 atom stereocenters. The topological polar surface area (TPSA) is 9.23 Å². The molecule has 0 aliphatic heterocycles. The molecule has 13 heavy (non-hydrogen) atoms. The fourth-order valence-corrected chi connectivity index (χ4v) is 0.868. The van der Waals surface area contributed by atoms with E-state index in [-0.39, 0.29) is 0 Å². The van der Waals surface area contributed by atoms with E-state index in [1.165, 1.54) is 0 Å². The Morgan fingerprint density at radius 1 is 1.08 bits per heavy atom. The van der Waals surface area contributed by atoms with Crippen LogP contribution >= 0.6 is 0 Å². The van der Waals surface area contributed by atoms with Crippen LogP contribution in [-0.2, 0) is 4.74 Å². The van der Waals surface area contributed by atoms with Gasteiger partial charge in [0.25, 0.3) is 0 Å². The van der Waals surface area contributed by atoms with Gasteiger partial charge in [0.1, 0.15) is 5.76 Å². The van der Waals surface area contributed by atoms with Gasteiger partial charge >= 0.3 is 0 Å². The Bertz CT molecular complexity index is 304. The molecule has 1 heteroatoms. The maximum Gasteiger partial charge on any atom is 0.132 e. The highest BCUT2D eigenvalue weighted by Gasteiger charge is 2.00. The number of hydrogen-bond acceptors (Lipinski definition) is 1. The summed E-state index contributed by atoms with van der Waals surface area (Å²) in [7, 11) is 1.62. The normalized spacial score (nSPS) is 8.00. The molecule has 0 amide bonds. The van der Waals surface area contributed by atoms with Gasteiger partial charge in [-0.3, -0.25) is 0 Å². The molecule has 0 saturated heterocycles. The molecule has 0 fully saturated rings. The molecular weight excluding hydrogens is 160 g/mol. The minimum atomic E-state index is 0.700. The fourth-order valence-electron chi connectivity index (χ4n) is 0.868. The van der Waals surface area contributed by atoms with Crippen molar-refractivity contribution in [3.05, 3.63) is 35.6 Å². The van der Waals surface area contributed by atoms with Crippen molar-refractivity contribution in [1.82, 2.24) is 0 Å². The number of ether oxygens (including phenoxy) is 1. The Balaban J connectivity index is 4.74. The van der Waals surface area contributed by atoms with E-state index in [2.05, 4.69) is 25.0 Å². The molecule has 0 bridgehead atoms. The molecule has 0 aliphatic carbocycles. The number of hydrogen-bond donors (Lipinski definition) is 0. The van der Waals surface area contributed by atoms with E-state index in [9.17, 15) is 0 Å². The zero-order valence-corrected chi connectivity index (χ0v) is 8.82. The van der Waals surface area contributed by atoms with Crippen LogP contribution in [0.5, 0.6) is 0 Å². The van der Waals surface area contributed by atoms with Crippen LogP contribution in [0.25, 0.3) is 0 Å². The van der Waals surface area contributed by atoms with Crippen molar-refractivity contribution in [2.24, 2.45) is 0 Å². The second-order valence-corrected chi connectivity index (χ2v) is 3.04. The molecule has 70 valence electrons. The summed E-state index contributed by atoms with van der Waals surface area (Å²) >= 11 is 0. The molecule has 0 aliphatic rings. The van der Waals surface area contributed by atoms with Gasteiger partial charge < -0.3 is 4.74 Å². The van der Waals surface area contributed by atoms with Crippen molar-refractivity contribution in [3.63, 3.8) is 0 Å². The third kappa shape index (κ3) is 4.22. The van der Waals surface area contributed by atoms with Crippen LogP contribution in [0.3, 0.4) is 0 Å². The number of rotatable bonds is 2. The Morgan fingerprint density at radius 3 is 1.92 bits per heavy atom. The van der Waals surface area contributed by atoms with E-state index in [0.717, 1.165) is 16.9 Å². The summed E-state index contributed by atoms with van der Waals surface area (Å²) in [5.41, 5.74) is 2.60. The highest BCUT2D eigenvalue weighted by molar-refractivity contribution is 5.45. The summed E-state index contributed by atoms with van der Waals surface area (Å²) in [5.74, 6) is 6.50. The van der Waals surface area contributed by atoms with E-state index in [1.54, 1.807) is 7.11 Å². The lowest BCUT2D eigenvalue weighted by molar-refractivity contribution is 0.299. The highest BCUT2D eigenvalue weighted by atomic mass is 16.5. The van der Waals surface area contributed by atoms with Crippen LogP contribution in [-0.4, -0.2) is 7.11 Å². The quantitative estimate of drug-likeness (QED) is 0.357. The maximum atomic E-state index is 5.15. The molecule has 0 aromatic heterocycles. The largest absolute Gasteiger partial charge is 0.496 e. The first-order valence-electron chi connectivity index (χ1n) is 4.07. The number of methoxy groups -OCH3 is 1. The van der Waals surface area contributed by atoms with Gasteiger partial charge in [0, 0.05) is 0 Å². The van der Waals surface area contributed by atoms with E-state index in [0.29, 0.717) is 5.57 Å². The predicted molar refractivity (Wildman–Crippen MR) is 57.1 cm³/mol. The summed E-state index contributed by atoms with van der Waals surface area (Å²) in [6, 6.07) is 0. The van der Waals surface area contributed by atoms with Crippen LogP contribution in [0.1, 0.15) is 20.8 Å². The van der Waals surface area contributed by atoms with Gasteiger partial charge in [-0.05, 0) is 31.9 Å². The van der Waals surface area contributed by atoms with Crippen LogP contribution in [0.4, 0.5) is 0 Å². The lowest BCUT2D eigenvalue weighted by Gasteiger charge is -2.05. The first kappa shape index (κ1) is 11.6. The molecule has 0 unspecified atom stereocenters. The first-order chi connectivity index (χ1) is 5.99. The van der Waals surface area contributed by atoms with Gasteiger partial charge in [-0.25, -0.2) is 0 Å². The summed E-state index contributed by atoms with van der Waals surface area (Å²) in [6.45, 7) is 13.3. The van der Waals surface area contributed by atoms with Gasteiger partial charge in [0.2, 0.25) is 0 Å². The van der Waals surface area contributed by atoms with E-state index in [1.807, 2.05) is 20.8 Å². The van der Waals surface area contributed by atoms with Crippen LogP contribution in [0.2, 0.25) is 0 Å². The lowest BCUT2D eigenvalue weighted by Crippen LogP contribution is -1.91. The zero-order chi connectivity index (χ0) is 10.4. The second kappa shape index (κ2) is 5.27. The Kier molecular flexibility index (Phi) is 4.69. The molecule has 0 spiro atoms. The van der Waals surface area contributed by atoms with Gasteiger partial charge in [-0.2, -0.15) is 0 Å². The van der Waals surface area contributed by atoms with Gasteiger partial charge in [0.05, 0.1) is 12.7 Å². The SMILES string of the molecule is C=C(C)C#CC(=C)C(OC)=C(C)C. The second-order valence-electron chi connectivity index (χ2n) is 3.04. The summed E-state index contributed by atoms with van der Waals surface area (Å²) in [5, 5.41) is 0. The van der Waals surface area contributed by atoms with Crippen molar-refractivity contribution in [2.75, 3.05) is 7.11 Å². The average Bonchev–Trinajstić information content (AvgIpc) is 2.01. The van der Waals surface area contributed by atoms with Gasteiger partial charge in [-0.1, -0.05) is 25.0 Å². The van der Waals surface area contributed by atoms with Crippen molar-refractivity contribution in [1.29, 1.82) is 0 Å². The van der Waals surface area contributed by atoms with Crippen molar-refractivity contribution >= 4 is 0 Å². The van der Waals surface area contributed by atoms with E-state index >= 15 is 0 Å². The third-order valence-electron chi connectivity index (χ3n) is 1.36. The molecule has 0 rings (SSSR count). The predicted octanol–water partition coefficient (Wildman–Crippen LogP) is 3.06. The van der Waals surface area contributed by atoms with Gasteiger partial charge in [0.15, 0.2) is 0 Å². The van der Waals surface area contributed by atoms with Crippen LogP contribution in [0.15, 0.2) is 35.6 Å². The average molecular weight is 176 g/mol. The fraction of sp³-hybridized carbons (Fsp3) is 0.333. The van der Waals surface area contributed by atoms with Gasteiger partial charge in [-0.15, -0.1) is 0 Å². The summed E-state index contributed by atoms with van der Waals surface area (Å²) < 4.78 is 5.15. The molecule has 1 nitrogen and oxygen atoms in total. The first-order valence-corrected chi connectivity index (χ1v) is 4.07. The molecule has 0 N–H and O–H groups in total. The summed E-state index contributed by atoms with van der Waals surface area (Å²) in [4.78, 5) is 0. The summed E-state index contributed by atoms with van der Waals surface area (Å²) in [6.07, 6.45) is 0. The highest BCUT2D eigenvalue weighted by Crippen LogP contribution is 2.12. The minimum absolute atomic E-state index is 0.700. The molecule has 0 aromatic carbocycles.